The van der Waals surface area contributed by atoms with Crippen molar-refractivity contribution in [2.75, 3.05) is 30.3 Å². The van der Waals surface area contributed by atoms with E-state index in [1.54, 1.807) is 6.20 Å². The maximum Gasteiger partial charge on any atom is 0.224 e. The summed E-state index contributed by atoms with van der Waals surface area (Å²) < 4.78 is 0. The van der Waals surface area contributed by atoms with Gasteiger partial charge in [0.1, 0.15) is 5.82 Å². The second-order valence-electron chi connectivity index (χ2n) is 6.82. The lowest BCUT2D eigenvalue weighted by Crippen LogP contribution is -2.18. The Labute approximate surface area is 142 Å². The van der Waals surface area contributed by atoms with E-state index in [1.807, 2.05) is 6.07 Å². The van der Waals surface area contributed by atoms with Crippen molar-refractivity contribution in [2.45, 2.75) is 38.0 Å². The number of hydrogen-bond donors (Lipinski definition) is 4. The van der Waals surface area contributed by atoms with E-state index < -0.39 is 0 Å². The molecule has 7 heteroatoms. The zero-order valence-corrected chi connectivity index (χ0v) is 13.9. The molecule has 0 aromatic carbocycles. The molecule has 1 unspecified atom stereocenters. The summed E-state index contributed by atoms with van der Waals surface area (Å²) in [6, 6.07) is 3.97. The number of H-pyrrole nitrogens is 1. The van der Waals surface area contributed by atoms with Crippen LogP contribution in [0.1, 0.15) is 43.7 Å². The topological polar surface area (TPSA) is 90.5 Å². The summed E-state index contributed by atoms with van der Waals surface area (Å²) in [4.78, 5) is 8.83. The van der Waals surface area contributed by atoms with Gasteiger partial charge in [0.25, 0.3) is 0 Å². The molecule has 0 spiro atoms. The first-order chi connectivity index (χ1) is 11.9. The Morgan fingerprint density at radius 2 is 2.08 bits per heavy atom. The molecule has 3 heterocycles. The molecule has 24 heavy (non-hydrogen) atoms. The molecule has 0 radical (unpaired) electrons. The molecular formula is C17H25N7. The van der Waals surface area contributed by atoms with Gasteiger partial charge in [-0.15, -0.1) is 0 Å². The summed E-state index contributed by atoms with van der Waals surface area (Å²) >= 11 is 0. The fourth-order valence-corrected chi connectivity index (χ4v) is 3.62. The van der Waals surface area contributed by atoms with Gasteiger partial charge in [-0.25, -0.2) is 4.98 Å². The van der Waals surface area contributed by atoms with E-state index >= 15 is 0 Å². The predicted octanol–water partition coefficient (Wildman–Crippen LogP) is 2.62. The van der Waals surface area contributed by atoms with Gasteiger partial charge in [-0.1, -0.05) is 12.8 Å². The standard InChI is InChI=1S/C17H25N7/c1-2-4-13(3-1)14-9-16(24-23-14)21-15-6-8-19-17(22-15)20-11-12-5-7-18-10-12/h6,8-9,12-13,18H,1-5,7,10-11H2,(H3,19,20,21,22,23,24). The number of aromatic amines is 1. The van der Waals surface area contributed by atoms with Crippen molar-refractivity contribution in [2.24, 2.45) is 5.92 Å². The second kappa shape index (κ2) is 7.17. The van der Waals surface area contributed by atoms with Crippen LogP contribution in [0.4, 0.5) is 17.6 Å². The highest BCUT2D eigenvalue weighted by Crippen LogP contribution is 2.33. The highest BCUT2D eigenvalue weighted by molar-refractivity contribution is 5.53. The molecule has 2 aromatic rings. The third-order valence-electron chi connectivity index (χ3n) is 5.02. The Bertz CT molecular complexity index is 656. The molecule has 2 aliphatic rings. The summed E-state index contributed by atoms with van der Waals surface area (Å²) in [6.07, 6.45) is 8.16. The van der Waals surface area contributed by atoms with Crippen LogP contribution in [-0.2, 0) is 0 Å². The second-order valence-corrected chi connectivity index (χ2v) is 6.82. The number of aromatic nitrogens is 4. The molecule has 1 saturated carbocycles. The SMILES string of the molecule is c1cc(Nc2cc(C3CCCC3)[nH]n2)nc(NCC2CCNC2)n1. The average Bonchev–Trinajstić information content (AvgIpc) is 3.35. The van der Waals surface area contributed by atoms with Crippen LogP contribution in [0.5, 0.6) is 0 Å². The van der Waals surface area contributed by atoms with Crippen LogP contribution in [0.15, 0.2) is 18.3 Å². The third kappa shape index (κ3) is 3.67. The van der Waals surface area contributed by atoms with Crippen LogP contribution in [0, 0.1) is 5.92 Å². The van der Waals surface area contributed by atoms with Crippen LogP contribution >= 0.6 is 0 Å². The molecule has 4 N–H and O–H groups in total. The summed E-state index contributed by atoms with van der Waals surface area (Å²) in [5.41, 5.74) is 1.23. The maximum atomic E-state index is 4.53. The van der Waals surface area contributed by atoms with Crippen molar-refractivity contribution in [3.8, 4) is 0 Å². The fourth-order valence-electron chi connectivity index (χ4n) is 3.62. The van der Waals surface area contributed by atoms with Crippen LogP contribution in [-0.4, -0.2) is 39.8 Å². The maximum absolute atomic E-state index is 4.53. The summed E-state index contributed by atoms with van der Waals surface area (Å²) in [7, 11) is 0. The fraction of sp³-hybridized carbons (Fsp3) is 0.588. The number of nitrogens with one attached hydrogen (secondary N) is 4. The van der Waals surface area contributed by atoms with E-state index in [1.165, 1.54) is 37.8 Å². The third-order valence-corrected chi connectivity index (χ3v) is 5.02. The molecule has 1 aliphatic carbocycles. The molecule has 1 atom stereocenters. The van der Waals surface area contributed by atoms with Gasteiger partial charge in [0.15, 0.2) is 5.82 Å². The Morgan fingerprint density at radius 1 is 1.17 bits per heavy atom. The van der Waals surface area contributed by atoms with E-state index in [4.69, 9.17) is 0 Å². The van der Waals surface area contributed by atoms with Crippen LogP contribution in [0.2, 0.25) is 0 Å². The van der Waals surface area contributed by atoms with Gasteiger partial charge in [0, 0.05) is 30.4 Å². The van der Waals surface area contributed by atoms with E-state index in [-0.39, 0.29) is 0 Å². The summed E-state index contributed by atoms with van der Waals surface area (Å²) in [5.74, 6) is 3.54. The van der Waals surface area contributed by atoms with Gasteiger partial charge in [0.2, 0.25) is 5.95 Å². The lowest BCUT2D eigenvalue weighted by Gasteiger charge is -2.10. The lowest BCUT2D eigenvalue weighted by molar-refractivity contribution is 0.613. The Morgan fingerprint density at radius 3 is 2.92 bits per heavy atom. The minimum atomic E-state index is 0.635. The molecular weight excluding hydrogens is 302 g/mol. The van der Waals surface area contributed by atoms with E-state index in [0.29, 0.717) is 17.8 Å². The molecule has 2 aromatic heterocycles. The quantitative estimate of drug-likeness (QED) is 0.652. The van der Waals surface area contributed by atoms with Crippen molar-refractivity contribution in [3.63, 3.8) is 0 Å². The molecule has 1 aliphatic heterocycles. The van der Waals surface area contributed by atoms with Gasteiger partial charge in [-0.05, 0) is 44.3 Å². The first-order valence-electron chi connectivity index (χ1n) is 8.97. The van der Waals surface area contributed by atoms with Crippen LogP contribution in [0.3, 0.4) is 0 Å². The van der Waals surface area contributed by atoms with Crippen molar-refractivity contribution in [3.05, 3.63) is 24.0 Å². The molecule has 0 bridgehead atoms. The molecule has 128 valence electrons. The highest BCUT2D eigenvalue weighted by atomic mass is 15.2. The van der Waals surface area contributed by atoms with Gasteiger partial charge in [0.05, 0.1) is 0 Å². The first-order valence-corrected chi connectivity index (χ1v) is 8.97. The Balaban J connectivity index is 1.36. The smallest absolute Gasteiger partial charge is 0.224 e. The van der Waals surface area contributed by atoms with Crippen LogP contribution < -0.4 is 16.0 Å². The summed E-state index contributed by atoms with van der Waals surface area (Å²) in [5, 5.41) is 17.5. The molecule has 1 saturated heterocycles. The minimum absolute atomic E-state index is 0.635. The van der Waals surface area contributed by atoms with Crippen molar-refractivity contribution < 1.29 is 0 Å². The normalized spacial score (nSPS) is 21.2. The average molecular weight is 327 g/mol. The van der Waals surface area contributed by atoms with Gasteiger partial charge in [-0.2, -0.15) is 10.1 Å². The minimum Gasteiger partial charge on any atom is -0.354 e. The van der Waals surface area contributed by atoms with Crippen molar-refractivity contribution in [1.29, 1.82) is 0 Å². The number of anilines is 3. The number of hydrogen-bond acceptors (Lipinski definition) is 6. The van der Waals surface area contributed by atoms with Gasteiger partial charge in [-0.3, -0.25) is 5.10 Å². The van der Waals surface area contributed by atoms with Gasteiger partial charge >= 0.3 is 0 Å². The predicted molar refractivity (Wildman–Crippen MR) is 94.6 cm³/mol. The van der Waals surface area contributed by atoms with E-state index in [9.17, 15) is 0 Å². The number of nitrogens with zero attached hydrogens (tertiary/aromatic N) is 3. The lowest BCUT2D eigenvalue weighted by atomic mass is 10.0. The monoisotopic (exact) mass is 327 g/mol. The number of rotatable bonds is 6. The van der Waals surface area contributed by atoms with Crippen molar-refractivity contribution >= 4 is 17.6 Å². The highest BCUT2D eigenvalue weighted by Gasteiger charge is 2.19. The van der Waals surface area contributed by atoms with Crippen LogP contribution in [0.25, 0.3) is 0 Å². The summed E-state index contributed by atoms with van der Waals surface area (Å²) in [6.45, 7) is 3.09. The molecule has 2 fully saturated rings. The molecule has 0 amide bonds. The zero-order valence-electron chi connectivity index (χ0n) is 13.9. The molecule has 7 nitrogen and oxygen atoms in total. The molecule has 4 rings (SSSR count). The van der Waals surface area contributed by atoms with Crippen molar-refractivity contribution in [1.82, 2.24) is 25.5 Å². The Kier molecular flexibility index (Phi) is 4.60. The largest absolute Gasteiger partial charge is 0.354 e. The first kappa shape index (κ1) is 15.4. The van der Waals surface area contributed by atoms with E-state index in [0.717, 1.165) is 31.3 Å². The van der Waals surface area contributed by atoms with E-state index in [2.05, 4.69) is 42.2 Å². The van der Waals surface area contributed by atoms with Gasteiger partial charge < -0.3 is 16.0 Å². The zero-order chi connectivity index (χ0) is 16.2. The Hall–Kier alpha value is -2.15.